The first-order valence-corrected chi connectivity index (χ1v) is 8.44. The van der Waals surface area contributed by atoms with Crippen molar-refractivity contribution in [2.75, 3.05) is 7.11 Å². The molecule has 0 unspecified atom stereocenters. The molecule has 0 saturated heterocycles. The van der Waals surface area contributed by atoms with Crippen LogP contribution in [-0.2, 0) is 7.05 Å². The Bertz CT molecular complexity index is 1010. The maximum absolute atomic E-state index is 12.1. The molecule has 1 N–H and O–H groups in total. The van der Waals surface area contributed by atoms with E-state index in [-0.39, 0.29) is 11.9 Å². The highest BCUT2D eigenvalue weighted by atomic mass is 16.5. The third-order valence-electron chi connectivity index (χ3n) is 4.36. The molecule has 0 spiro atoms. The van der Waals surface area contributed by atoms with Gasteiger partial charge in [-0.15, -0.1) is 0 Å². The smallest absolute Gasteiger partial charge is 0.251 e. The first-order valence-electron chi connectivity index (χ1n) is 8.44. The molecule has 0 aliphatic heterocycles. The van der Waals surface area contributed by atoms with Gasteiger partial charge in [0.05, 0.1) is 18.4 Å². The molecule has 0 radical (unpaired) electrons. The number of nitriles is 1. The summed E-state index contributed by atoms with van der Waals surface area (Å²) in [6.45, 7) is 3.85. The fraction of sp³-hybridized carbons (Fsp3) is 0.238. The number of nitrogens with one attached hydrogen (secondary N) is 1. The van der Waals surface area contributed by atoms with E-state index in [0.717, 1.165) is 22.2 Å². The van der Waals surface area contributed by atoms with Crippen molar-refractivity contribution < 1.29 is 9.53 Å². The van der Waals surface area contributed by atoms with Crippen LogP contribution in [0.4, 0.5) is 0 Å². The summed E-state index contributed by atoms with van der Waals surface area (Å²) in [6, 6.07) is 15.4. The number of nitrogens with zero attached hydrogens (tertiary/aromatic N) is 2. The van der Waals surface area contributed by atoms with Crippen molar-refractivity contribution in [3.05, 3.63) is 53.6 Å². The second-order valence-corrected chi connectivity index (χ2v) is 6.48. The highest BCUT2D eigenvalue weighted by molar-refractivity contribution is 5.97. The molecule has 2 aromatic carbocycles. The van der Waals surface area contributed by atoms with Crippen molar-refractivity contribution in [1.29, 1.82) is 5.26 Å². The zero-order chi connectivity index (χ0) is 18.8. The van der Waals surface area contributed by atoms with Gasteiger partial charge in [0, 0.05) is 29.6 Å². The van der Waals surface area contributed by atoms with Gasteiger partial charge in [0.15, 0.2) is 0 Å². The molecule has 5 nitrogen and oxygen atoms in total. The SMILES string of the molecule is COc1ccc2c(c1)c(C#N)c(-c1ccc(C(=O)NC(C)C)cc1)n2C. The summed E-state index contributed by atoms with van der Waals surface area (Å²) < 4.78 is 7.28. The highest BCUT2D eigenvalue weighted by Gasteiger charge is 2.17. The molecule has 0 aliphatic carbocycles. The third kappa shape index (κ3) is 3.02. The molecule has 26 heavy (non-hydrogen) atoms. The van der Waals surface area contributed by atoms with Crippen LogP contribution in [0.15, 0.2) is 42.5 Å². The number of carbonyl (C=O) groups is 1. The summed E-state index contributed by atoms with van der Waals surface area (Å²) in [5.74, 6) is 0.612. The predicted octanol–water partition coefficient (Wildman–Crippen LogP) is 3.86. The van der Waals surface area contributed by atoms with Crippen molar-refractivity contribution in [2.24, 2.45) is 7.05 Å². The molecular formula is C21H21N3O2. The van der Waals surface area contributed by atoms with Gasteiger partial charge in [-0.25, -0.2) is 0 Å². The Morgan fingerprint density at radius 3 is 2.46 bits per heavy atom. The standard InChI is InChI=1S/C21H21N3O2/c1-13(2)23-21(25)15-7-5-14(6-8-15)20-18(12-22)17-11-16(26-4)9-10-19(17)24(20)3/h5-11,13H,1-4H3,(H,23,25). The van der Waals surface area contributed by atoms with Gasteiger partial charge in [-0.2, -0.15) is 5.26 Å². The lowest BCUT2D eigenvalue weighted by atomic mass is 10.0. The number of aromatic nitrogens is 1. The van der Waals surface area contributed by atoms with E-state index in [2.05, 4.69) is 11.4 Å². The average Bonchev–Trinajstić information content (AvgIpc) is 2.92. The third-order valence-corrected chi connectivity index (χ3v) is 4.36. The van der Waals surface area contributed by atoms with E-state index < -0.39 is 0 Å². The minimum Gasteiger partial charge on any atom is -0.497 e. The Hall–Kier alpha value is -3.26. The van der Waals surface area contributed by atoms with Crippen LogP contribution in [0.5, 0.6) is 5.75 Å². The fourth-order valence-corrected chi connectivity index (χ4v) is 3.13. The normalized spacial score (nSPS) is 10.8. The molecule has 0 bridgehead atoms. The summed E-state index contributed by atoms with van der Waals surface area (Å²) in [5, 5.41) is 13.5. The van der Waals surface area contributed by atoms with E-state index in [0.29, 0.717) is 16.9 Å². The molecule has 0 fully saturated rings. The monoisotopic (exact) mass is 347 g/mol. The van der Waals surface area contributed by atoms with Crippen LogP contribution in [0.1, 0.15) is 29.8 Å². The molecule has 0 saturated carbocycles. The van der Waals surface area contributed by atoms with Gasteiger partial charge in [0.1, 0.15) is 11.8 Å². The Balaban J connectivity index is 2.09. The molecule has 1 amide bonds. The Morgan fingerprint density at radius 2 is 1.88 bits per heavy atom. The highest BCUT2D eigenvalue weighted by Crippen LogP contribution is 2.34. The Morgan fingerprint density at radius 1 is 1.19 bits per heavy atom. The van der Waals surface area contributed by atoms with Gasteiger partial charge in [0.25, 0.3) is 5.91 Å². The van der Waals surface area contributed by atoms with Gasteiger partial charge < -0.3 is 14.6 Å². The molecule has 3 rings (SSSR count). The second-order valence-electron chi connectivity index (χ2n) is 6.48. The Kier molecular flexibility index (Phi) is 4.68. The van der Waals surface area contributed by atoms with Crippen molar-refractivity contribution in [1.82, 2.24) is 9.88 Å². The lowest BCUT2D eigenvalue weighted by molar-refractivity contribution is 0.0943. The number of aryl methyl sites for hydroxylation is 1. The molecular weight excluding hydrogens is 326 g/mol. The molecule has 5 heteroatoms. The lowest BCUT2D eigenvalue weighted by Gasteiger charge is -2.09. The summed E-state index contributed by atoms with van der Waals surface area (Å²) in [7, 11) is 3.54. The lowest BCUT2D eigenvalue weighted by Crippen LogP contribution is -2.29. The number of hydrogen-bond acceptors (Lipinski definition) is 3. The van der Waals surface area contributed by atoms with Crippen LogP contribution in [0, 0.1) is 11.3 Å². The fourth-order valence-electron chi connectivity index (χ4n) is 3.13. The molecule has 132 valence electrons. The topological polar surface area (TPSA) is 67.0 Å². The summed E-state index contributed by atoms with van der Waals surface area (Å²) >= 11 is 0. The summed E-state index contributed by atoms with van der Waals surface area (Å²) in [6.07, 6.45) is 0. The largest absolute Gasteiger partial charge is 0.497 e. The van der Waals surface area contributed by atoms with E-state index in [1.54, 1.807) is 19.2 Å². The predicted molar refractivity (Wildman–Crippen MR) is 102 cm³/mol. The van der Waals surface area contributed by atoms with Gasteiger partial charge in [0.2, 0.25) is 0 Å². The van der Waals surface area contributed by atoms with Crippen LogP contribution >= 0.6 is 0 Å². The van der Waals surface area contributed by atoms with Gasteiger partial charge >= 0.3 is 0 Å². The Labute approximate surface area is 152 Å². The van der Waals surface area contributed by atoms with Gasteiger partial charge in [-0.3, -0.25) is 4.79 Å². The maximum atomic E-state index is 12.1. The van der Waals surface area contributed by atoms with Crippen LogP contribution in [0.2, 0.25) is 0 Å². The number of amides is 1. The minimum atomic E-state index is -0.103. The van der Waals surface area contributed by atoms with Crippen LogP contribution < -0.4 is 10.1 Å². The molecule has 0 aliphatic rings. The molecule has 1 aromatic heterocycles. The van der Waals surface area contributed by atoms with E-state index in [1.165, 1.54) is 0 Å². The van der Waals surface area contributed by atoms with E-state index in [9.17, 15) is 10.1 Å². The summed E-state index contributed by atoms with van der Waals surface area (Å²) in [4.78, 5) is 12.1. The number of benzene rings is 2. The van der Waals surface area contributed by atoms with Crippen molar-refractivity contribution in [2.45, 2.75) is 19.9 Å². The molecule has 3 aromatic rings. The molecule has 0 atom stereocenters. The number of carbonyl (C=O) groups excluding carboxylic acids is 1. The quantitative estimate of drug-likeness (QED) is 0.779. The number of ether oxygens (including phenoxy) is 1. The van der Waals surface area contributed by atoms with Crippen LogP contribution in [0.3, 0.4) is 0 Å². The van der Waals surface area contributed by atoms with E-state index in [4.69, 9.17) is 4.74 Å². The number of rotatable bonds is 4. The zero-order valence-corrected chi connectivity index (χ0v) is 15.3. The second kappa shape index (κ2) is 6.93. The zero-order valence-electron chi connectivity index (χ0n) is 15.3. The van der Waals surface area contributed by atoms with Crippen molar-refractivity contribution >= 4 is 16.8 Å². The first-order chi connectivity index (χ1) is 12.5. The van der Waals surface area contributed by atoms with Crippen molar-refractivity contribution in [3.63, 3.8) is 0 Å². The van der Waals surface area contributed by atoms with E-state index in [1.807, 2.05) is 55.8 Å². The van der Waals surface area contributed by atoms with E-state index >= 15 is 0 Å². The van der Waals surface area contributed by atoms with Crippen LogP contribution in [0.25, 0.3) is 22.2 Å². The number of fused-ring (bicyclic) bond motifs is 1. The summed E-state index contributed by atoms with van der Waals surface area (Å²) in [5.41, 5.74) is 3.87. The average molecular weight is 347 g/mol. The van der Waals surface area contributed by atoms with Gasteiger partial charge in [-0.1, -0.05) is 12.1 Å². The number of hydrogen-bond donors (Lipinski definition) is 1. The maximum Gasteiger partial charge on any atom is 0.251 e. The van der Waals surface area contributed by atoms with Crippen molar-refractivity contribution in [3.8, 4) is 23.1 Å². The first kappa shape index (κ1) is 17.6. The van der Waals surface area contributed by atoms with Gasteiger partial charge in [-0.05, 0) is 49.7 Å². The molecule has 1 heterocycles. The number of methoxy groups -OCH3 is 1. The minimum absolute atomic E-state index is 0.0838. The van der Waals surface area contributed by atoms with Crippen LogP contribution in [-0.4, -0.2) is 23.6 Å².